The van der Waals surface area contributed by atoms with Crippen LogP contribution in [0.15, 0.2) is 6.07 Å². The molecular weight excluding hydrogens is 216 g/mol. The molecule has 0 spiro atoms. The van der Waals surface area contributed by atoms with Gasteiger partial charge in [-0.05, 0) is 46.7 Å². The van der Waals surface area contributed by atoms with Crippen molar-refractivity contribution in [3.63, 3.8) is 0 Å². The second kappa shape index (κ2) is 5.31. The number of carbonyl (C=O) groups excluding carboxylic acids is 1. The fraction of sp³-hybridized carbons (Fsp3) is 0.667. The first-order valence-corrected chi connectivity index (χ1v) is 5.96. The van der Waals surface area contributed by atoms with E-state index in [4.69, 9.17) is 5.73 Å². The van der Waals surface area contributed by atoms with Crippen LogP contribution in [0.1, 0.15) is 43.4 Å². The Morgan fingerprint density at radius 2 is 2.24 bits per heavy atom. The number of aromatic nitrogens is 2. The third kappa shape index (κ3) is 3.56. The molecule has 1 aromatic heterocycles. The van der Waals surface area contributed by atoms with Gasteiger partial charge in [0.1, 0.15) is 5.69 Å². The quantitative estimate of drug-likeness (QED) is 0.806. The van der Waals surface area contributed by atoms with Crippen molar-refractivity contribution in [3.8, 4) is 0 Å². The van der Waals surface area contributed by atoms with Gasteiger partial charge in [-0.2, -0.15) is 5.10 Å². The van der Waals surface area contributed by atoms with E-state index in [-0.39, 0.29) is 11.4 Å². The lowest BCUT2D eigenvalue weighted by Gasteiger charge is -2.25. The van der Waals surface area contributed by atoms with Gasteiger partial charge in [-0.15, -0.1) is 0 Å². The molecule has 0 unspecified atom stereocenters. The van der Waals surface area contributed by atoms with E-state index in [9.17, 15) is 4.79 Å². The summed E-state index contributed by atoms with van der Waals surface area (Å²) in [5, 5.41) is 7.24. The van der Waals surface area contributed by atoms with E-state index in [2.05, 4.69) is 10.4 Å². The van der Waals surface area contributed by atoms with Crippen molar-refractivity contribution < 1.29 is 4.79 Å². The highest BCUT2D eigenvalue weighted by molar-refractivity contribution is 5.93. The number of nitrogens with one attached hydrogen (secondary N) is 1. The molecule has 0 atom stereocenters. The Hall–Kier alpha value is -1.36. The molecule has 0 aliphatic carbocycles. The van der Waals surface area contributed by atoms with Crippen molar-refractivity contribution in [2.75, 3.05) is 6.54 Å². The van der Waals surface area contributed by atoms with Crippen molar-refractivity contribution in [1.29, 1.82) is 0 Å². The van der Waals surface area contributed by atoms with E-state index >= 15 is 0 Å². The highest BCUT2D eigenvalue weighted by Gasteiger charge is 2.22. The van der Waals surface area contributed by atoms with Crippen LogP contribution in [0.25, 0.3) is 0 Å². The molecule has 5 heteroatoms. The summed E-state index contributed by atoms with van der Waals surface area (Å²) in [6.45, 7) is 9.03. The third-order valence-electron chi connectivity index (χ3n) is 2.66. The minimum absolute atomic E-state index is 0.0918. The third-order valence-corrected chi connectivity index (χ3v) is 2.66. The molecule has 0 radical (unpaired) electrons. The second-order valence-electron chi connectivity index (χ2n) is 4.86. The Balaban J connectivity index is 2.82. The molecule has 0 bridgehead atoms. The SMILES string of the molecule is CCn1nc(C)cc1C(=O)NC(C)(C)CCN. The molecule has 1 heterocycles. The number of amides is 1. The monoisotopic (exact) mass is 238 g/mol. The number of nitrogens with two attached hydrogens (primary N) is 1. The van der Waals surface area contributed by atoms with Crippen LogP contribution in [0.3, 0.4) is 0 Å². The van der Waals surface area contributed by atoms with E-state index in [0.29, 0.717) is 18.8 Å². The highest BCUT2D eigenvalue weighted by atomic mass is 16.2. The molecule has 96 valence electrons. The van der Waals surface area contributed by atoms with Gasteiger partial charge in [0.05, 0.1) is 5.69 Å². The average molecular weight is 238 g/mol. The fourth-order valence-corrected chi connectivity index (χ4v) is 1.76. The topological polar surface area (TPSA) is 72.9 Å². The van der Waals surface area contributed by atoms with Crippen LogP contribution in [0.4, 0.5) is 0 Å². The zero-order valence-corrected chi connectivity index (χ0v) is 11.1. The maximum absolute atomic E-state index is 12.1. The Labute approximate surface area is 102 Å². The smallest absolute Gasteiger partial charge is 0.269 e. The number of nitrogens with zero attached hydrogens (tertiary/aromatic N) is 2. The number of aryl methyl sites for hydroxylation is 2. The lowest BCUT2D eigenvalue weighted by Crippen LogP contribution is -2.45. The number of carbonyl (C=O) groups is 1. The van der Waals surface area contributed by atoms with Crippen molar-refractivity contribution in [2.45, 2.75) is 46.2 Å². The molecule has 1 rings (SSSR count). The largest absolute Gasteiger partial charge is 0.346 e. The summed E-state index contributed by atoms with van der Waals surface area (Å²) in [6.07, 6.45) is 0.748. The van der Waals surface area contributed by atoms with Crippen LogP contribution in [0.5, 0.6) is 0 Å². The summed E-state index contributed by atoms with van der Waals surface area (Å²) < 4.78 is 1.71. The second-order valence-corrected chi connectivity index (χ2v) is 4.86. The molecular formula is C12H22N4O. The van der Waals surface area contributed by atoms with Gasteiger partial charge < -0.3 is 11.1 Å². The minimum atomic E-state index is -0.289. The first-order chi connectivity index (χ1) is 7.89. The molecule has 17 heavy (non-hydrogen) atoms. The zero-order chi connectivity index (χ0) is 13.1. The standard InChI is InChI=1S/C12H22N4O/c1-5-16-10(8-9(2)15-16)11(17)14-12(3,4)6-7-13/h8H,5-7,13H2,1-4H3,(H,14,17). The lowest BCUT2D eigenvalue weighted by atomic mass is 10.0. The predicted molar refractivity (Wildman–Crippen MR) is 67.9 cm³/mol. The summed E-state index contributed by atoms with van der Waals surface area (Å²) in [4.78, 5) is 12.1. The maximum atomic E-state index is 12.1. The van der Waals surface area contributed by atoms with E-state index in [0.717, 1.165) is 12.1 Å². The lowest BCUT2D eigenvalue weighted by molar-refractivity contribution is 0.0899. The molecule has 5 nitrogen and oxygen atoms in total. The molecule has 1 amide bonds. The molecule has 0 saturated heterocycles. The van der Waals surface area contributed by atoms with Gasteiger partial charge in [-0.3, -0.25) is 9.48 Å². The van der Waals surface area contributed by atoms with Crippen molar-refractivity contribution in [2.24, 2.45) is 5.73 Å². The Morgan fingerprint density at radius 1 is 1.59 bits per heavy atom. The Morgan fingerprint density at radius 3 is 2.76 bits per heavy atom. The summed E-state index contributed by atoms with van der Waals surface area (Å²) in [6, 6.07) is 1.80. The van der Waals surface area contributed by atoms with Gasteiger partial charge in [0.15, 0.2) is 0 Å². The van der Waals surface area contributed by atoms with E-state index in [1.165, 1.54) is 0 Å². The van der Waals surface area contributed by atoms with Crippen LogP contribution in [-0.4, -0.2) is 27.8 Å². The first-order valence-electron chi connectivity index (χ1n) is 5.96. The summed E-state index contributed by atoms with van der Waals surface area (Å²) in [7, 11) is 0. The van der Waals surface area contributed by atoms with Gasteiger partial charge in [0, 0.05) is 12.1 Å². The molecule has 0 aliphatic heterocycles. The van der Waals surface area contributed by atoms with Gasteiger partial charge in [-0.1, -0.05) is 0 Å². The van der Waals surface area contributed by atoms with Gasteiger partial charge in [0.2, 0.25) is 0 Å². The van der Waals surface area contributed by atoms with Crippen molar-refractivity contribution in [3.05, 3.63) is 17.5 Å². The summed E-state index contributed by atoms with van der Waals surface area (Å²) in [5.41, 5.74) is 6.69. The van der Waals surface area contributed by atoms with Gasteiger partial charge in [0.25, 0.3) is 5.91 Å². The van der Waals surface area contributed by atoms with E-state index in [1.807, 2.05) is 27.7 Å². The Kier molecular flexibility index (Phi) is 4.28. The fourth-order valence-electron chi connectivity index (χ4n) is 1.76. The van der Waals surface area contributed by atoms with E-state index < -0.39 is 0 Å². The summed E-state index contributed by atoms with van der Waals surface area (Å²) in [5.74, 6) is -0.0918. The first kappa shape index (κ1) is 13.7. The highest BCUT2D eigenvalue weighted by Crippen LogP contribution is 2.10. The zero-order valence-electron chi connectivity index (χ0n) is 11.1. The normalized spacial score (nSPS) is 11.6. The van der Waals surface area contributed by atoms with Crippen molar-refractivity contribution >= 4 is 5.91 Å². The van der Waals surface area contributed by atoms with E-state index in [1.54, 1.807) is 10.7 Å². The van der Waals surface area contributed by atoms with Gasteiger partial charge in [-0.25, -0.2) is 0 Å². The van der Waals surface area contributed by atoms with Crippen LogP contribution < -0.4 is 11.1 Å². The Bertz CT molecular complexity index is 395. The number of rotatable bonds is 5. The molecule has 0 aliphatic rings. The average Bonchev–Trinajstić information content (AvgIpc) is 2.58. The van der Waals surface area contributed by atoms with Crippen LogP contribution in [-0.2, 0) is 6.54 Å². The molecule has 0 aromatic carbocycles. The van der Waals surface area contributed by atoms with Crippen LogP contribution in [0, 0.1) is 6.92 Å². The van der Waals surface area contributed by atoms with Crippen molar-refractivity contribution in [1.82, 2.24) is 15.1 Å². The predicted octanol–water partition coefficient (Wildman–Crippen LogP) is 1.07. The molecule has 0 fully saturated rings. The number of hydrogen-bond donors (Lipinski definition) is 2. The molecule has 1 aromatic rings. The maximum Gasteiger partial charge on any atom is 0.269 e. The molecule has 3 N–H and O–H groups in total. The molecule has 0 saturated carbocycles. The van der Waals surface area contributed by atoms with Gasteiger partial charge >= 0.3 is 0 Å². The number of hydrogen-bond acceptors (Lipinski definition) is 3. The van der Waals surface area contributed by atoms with Crippen LogP contribution >= 0.6 is 0 Å². The minimum Gasteiger partial charge on any atom is -0.346 e. The van der Waals surface area contributed by atoms with Crippen LogP contribution in [0.2, 0.25) is 0 Å². The summed E-state index contributed by atoms with van der Waals surface area (Å²) >= 11 is 0.